The quantitative estimate of drug-likeness (QED) is 0.466. The van der Waals surface area contributed by atoms with E-state index in [0.29, 0.717) is 17.0 Å². The Labute approximate surface area is 173 Å². The van der Waals surface area contributed by atoms with Crippen molar-refractivity contribution in [3.63, 3.8) is 0 Å². The van der Waals surface area contributed by atoms with Gasteiger partial charge in [-0.1, -0.05) is 36.4 Å². The Kier molecular flexibility index (Phi) is 4.83. The molecule has 0 spiro atoms. The van der Waals surface area contributed by atoms with E-state index in [1.54, 1.807) is 24.3 Å². The fourth-order valence-corrected chi connectivity index (χ4v) is 3.22. The number of nitrogens with zero attached hydrogens (tertiary/aromatic N) is 1. The van der Waals surface area contributed by atoms with Gasteiger partial charge in [0, 0.05) is 16.5 Å². The van der Waals surface area contributed by atoms with Gasteiger partial charge in [-0.3, -0.25) is 4.79 Å². The van der Waals surface area contributed by atoms with Crippen LogP contribution >= 0.6 is 0 Å². The number of anilines is 1. The summed E-state index contributed by atoms with van der Waals surface area (Å²) in [5.74, 6) is -0.902. The molecular formula is C24H20N2O4. The van der Waals surface area contributed by atoms with Crippen LogP contribution in [0.4, 0.5) is 5.69 Å². The number of para-hydroxylation sites is 2. The van der Waals surface area contributed by atoms with E-state index in [2.05, 4.69) is 10.3 Å². The first-order valence-electron chi connectivity index (χ1n) is 9.46. The van der Waals surface area contributed by atoms with Crippen LogP contribution < -0.4 is 10.1 Å². The molecule has 0 unspecified atom stereocenters. The number of amides is 1. The van der Waals surface area contributed by atoms with Crippen LogP contribution in [0.25, 0.3) is 21.8 Å². The van der Waals surface area contributed by atoms with Crippen LogP contribution in [-0.4, -0.2) is 27.6 Å². The van der Waals surface area contributed by atoms with Crippen molar-refractivity contribution in [3.05, 3.63) is 78.4 Å². The molecule has 4 aromatic rings. The number of hydrogen-bond acceptors (Lipinski definition) is 4. The minimum atomic E-state index is -1.35. The Balaban J connectivity index is 1.66. The van der Waals surface area contributed by atoms with Crippen molar-refractivity contribution in [2.24, 2.45) is 0 Å². The molecule has 150 valence electrons. The first-order chi connectivity index (χ1) is 14.3. The summed E-state index contributed by atoms with van der Waals surface area (Å²) in [4.78, 5) is 29.1. The lowest BCUT2D eigenvalue weighted by molar-refractivity contribution is -0.152. The number of rotatable bonds is 5. The Bertz CT molecular complexity index is 1210. The molecule has 0 fully saturated rings. The molecule has 0 aliphatic carbocycles. The highest BCUT2D eigenvalue weighted by Gasteiger charge is 2.29. The lowest BCUT2D eigenvalue weighted by Gasteiger charge is -2.21. The molecule has 3 aromatic carbocycles. The van der Waals surface area contributed by atoms with Crippen molar-refractivity contribution in [1.82, 2.24) is 4.98 Å². The summed E-state index contributed by atoms with van der Waals surface area (Å²) < 4.78 is 5.50. The van der Waals surface area contributed by atoms with E-state index < -0.39 is 11.6 Å². The van der Waals surface area contributed by atoms with E-state index in [-0.39, 0.29) is 5.91 Å². The minimum Gasteiger partial charge on any atom is -0.478 e. The summed E-state index contributed by atoms with van der Waals surface area (Å²) in [6, 6.07) is 21.7. The van der Waals surface area contributed by atoms with E-state index >= 15 is 0 Å². The Morgan fingerprint density at radius 1 is 0.867 bits per heavy atom. The first-order valence-corrected chi connectivity index (χ1v) is 9.46. The van der Waals surface area contributed by atoms with Crippen molar-refractivity contribution in [1.29, 1.82) is 0 Å². The van der Waals surface area contributed by atoms with Gasteiger partial charge in [0.2, 0.25) is 0 Å². The molecule has 0 aliphatic rings. The van der Waals surface area contributed by atoms with Crippen LogP contribution in [0.5, 0.6) is 5.75 Å². The highest BCUT2D eigenvalue weighted by molar-refractivity contribution is 6.20. The fourth-order valence-electron chi connectivity index (χ4n) is 3.22. The third-order valence-corrected chi connectivity index (χ3v) is 4.81. The van der Waals surface area contributed by atoms with Gasteiger partial charge in [0.05, 0.1) is 16.6 Å². The number of carboxylic acids is 1. The zero-order valence-electron chi connectivity index (χ0n) is 16.5. The van der Waals surface area contributed by atoms with Crippen LogP contribution in [0, 0.1) is 0 Å². The molecule has 1 heterocycles. The Hall–Kier alpha value is -3.93. The summed E-state index contributed by atoms with van der Waals surface area (Å²) in [6.07, 6.45) is 0. The summed E-state index contributed by atoms with van der Waals surface area (Å²) in [5, 5.41) is 13.7. The van der Waals surface area contributed by atoms with E-state index in [4.69, 9.17) is 4.74 Å². The predicted molar refractivity (Wildman–Crippen MR) is 116 cm³/mol. The SMILES string of the molecule is CC(C)(Oc1ccc(NC(=O)c2c3ccccc3nc3ccccc23)cc1)C(=O)O. The smallest absolute Gasteiger partial charge is 0.347 e. The normalized spacial score (nSPS) is 11.4. The van der Waals surface area contributed by atoms with Gasteiger partial charge < -0.3 is 15.2 Å². The molecular weight excluding hydrogens is 380 g/mol. The predicted octanol–water partition coefficient (Wildman–Crippen LogP) is 4.88. The number of carboxylic acid groups (broad SMARTS) is 1. The molecule has 0 bridgehead atoms. The summed E-state index contributed by atoms with van der Waals surface area (Å²) in [6.45, 7) is 2.95. The second-order valence-corrected chi connectivity index (χ2v) is 7.42. The lowest BCUT2D eigenvalue weighted by Crippen LogP contribution is -2.37. The highest BCUT2D eigenvalue weighted by Crippen LogP contribution is 2.27. The van der Waals surface area contributed by atoms with Crippen LogP contribution in [0.3, 0.4) is 0 Å². The number of pyridine rings is 1. The van der Waals surface area contributed by atoms with Crippen molar-refractivity contribution < 1.29 is 19.4 Å². The zero-order valence-corrected chi connectivity index (χ0v) is 16.5. The monoisotopic (exact) mass is 400 g/mol. The second-order valence-electron chi connectivity index (χ2n) is 7.42. The number of carbonyl (C=O) groups excluding carboxylic acids is 1. The standard InChI is InChI=1S/C24H20N2O4/c1-24(2,23(28)29)30-16-13-11-15(12-14-16)25-22(27)21-17-7-3-5-9-19(17)26-20-10-6-4-8-18(20)21/h3-14H,1-2H3,(H,25,27)(H,28,29). The van der Waals surface area contributed by atoms with Gasteiger partial charge in [0.1, 0.15) is 5.75 Å². The molecule has 0 saturated heterocycles. The van der Waals surface area contributed by atoms with Crippen molar-refractivity contribution >= 4 is 39.4 Å². The number of benzene rings is 3. The van der Waals surface area contributed by atoms with Gasteiger partial charge in [-0.15, -0.1) is 0 Å². The van der Waals surface area contributed by atoms with Crippen LogP contribution in [0.1, 0.15) is 24.2 Å². The van der Waals surface area contributed by atoms with E-state index in [0.717, 1.165) is 21.8 Å². The van der Waals surface area contributed by atoms with Gasteiger partial charge in [0.15, 0.2) is 5.60 Å². The Morgan fingerprint density at radius 3 is 1.93 bits per heavy atom. The van der Waals surface area contributed by atoms with Gasteiger partial charge >= 0.3 is 5.97 Å². The van der Waals surface area contributed by atoms with Gasteiger partial charge in [-0.25, -0.2) is 9.78 Å². The van der Waals surface area contributed by atoms with Crippen molar-refractivity contribution in [3.8, 4) is 5.75 Å². The number of carbonyl (C=O) groups is 2. The average molecular weight is 400 g/mol. The van der Waals surface area contributed by atoms with Crippen molar-refractivity contribution in [2.75, 3.05) is 5.32 Å². The summed E-state index contributed by atoms with van der Waals surface area (Å²) in [5.41, 5.74) is 1.29. The molecule has 6 nitrogen and oxygen atoms in total. The number of ether oxygens (including phenoxy) is 1. The first kappa shape index (κ1) is 19.4. The van der Waals surface area contributed by atoms with E-state index in [1.807, 2.05) is 48.5 Å². The van der Waals surface area contributed by atoms with Crippen LogP contribution in [0.15, 0.2) is 72.8 Å². The number of aromatic nitrogens is 1. The third kappa shape index (κ3) is 3.67. The molecule has 0 radical (unpaired) electrons. The molecule has 1 aromatic heterocycles. The summed E-state index contributed by atoms with van der Waals surface area (Å²) >= 11 is 0. The second kappa shape index (κ2) is 7.48. The third-order valence-electron chi connectivity index (χ3n) is 4.81. The number of fused-ring (bicyclic) bond motifs is 2. The van der Waals surface area contributed by atoms with E-state index in [9.17, 15) is 14.7 Å². The molecule has 0 aliphatic heterocycles. The Morgan fingerprint density at radius 2 is 1.40 bits per heavy atom. The summed E-state index contributed by atoms with van der Waals surface area (Å²) in [7, 11) is 0. The van der Waals surface area contributed by atoms with Gasteiger partial charge in [-0.05, 0) is 50.2 Å². The molecule has 0 atom stereocenters. The van der Waals surface area contributed by atoms with Crippen LogP contribution in [-0.2, 0) is 4.79 Å². The average Bonchev–Trinajstić information content (AvgIpc) is 2.73. The largest absolute Gasteiger partial charge is 0.478 e. The molecule has 6 heteroatoms. The number of hydrogen-bond donors (Lipinski definition) is 2. The fraction of sp³-hybridized carbons (Fsp3) is 0.125. The zero-order chi connectivity index (χ0) is 21.3. The molecule has 30 heavy (non-hydrogen) atoms. The maximum Gasteiger partial charge on any atom is 0.347 e. The molecule has 0 saturated carbocycles. The van der Waals surface area contributed by atoms with E-state index in [1.165, 1.54) is 13.8 Å². The number of aliphatic carboxylic acids is 1. The molecule has 1 amide bonds. The molecule has 4 rings (SSSR count). The minimum absolute atomic E-state index is 0.246. The topological polar surface area (TPSA) is 88.5 Å². The molecule has 2 N–H and O–H groups in total. The number of nitrogens with one attached hydrogen (secondary N) is 1. The van der Waals surface area contributed by atoms with Gasteiger partial charge in [-0.2, -0.15) is 0 Å². The maximum absolute atomic E-state index is 13.2. The highest BCUT2D eigenvalue weighted by atomic mass is 16.5. The van der Waals surface area contributed by atoms with Gasteiger partial charge in [0.25, 0.3) is 5.91 Å². The van der Waals surface area contributed by atoms with Crippen LogP contribution in [0.2, 0.25) is 0 Å². The maximum atomic E-state index is 13.2. The lowest BCUT2D eigenvalue weighted by atomic mass is 10.0. The van der Waals surface area contributed by atoms with Crippen molar-refractivity contribution in [2.45, 2.75) is 19.4 Å².